The summed E-state index contributed by atoms with van der Waals surface area (Å²) in [6, 6.07) is 14.7. The third-order valence-electron chi connectivity index (χ3n) is 3.28. The zero-order valence-electron chi connectivity index (χ0n) is 9.41. The summed E-state index contributed by atoms with van der Waals surface area (Å²) >= 11 is 0. The van der Waals surface area contributed by atoms with Gasteiger partial charge in [-0.15, -0.1) is 12.4 Å². The minimum atomic E-state index is 0. The summed E-state index contributed by atoms with van der Waals surface area (Å²) in [6.07, 6.45) is 2.79. The van der Waals surface area contributed by atoms with Gasteiger partial charge in [0.15, 0.2) is 0 Å². The largest absolute Gasteiger partial charge is 0.326 e. The zero-order chi connectivity index (χ0) is 11.0. The van der Waals surface area contributed by atoms with E-state index in [2.05, 4.69) is 35.3 Å². The molecule has 0 amide bonds. The highest BCUT2D eigenvalue weighted by Crippen LogP contribution is 2.35. The Balaban J connectivity index is 0.00000108. The first-order valence-electron chi connectivity index (χ1n) is 5.60. The molecule has 1 aromatic carbocycles. The third-order valence-corrected chi connectivity index (χ3v) is 3.28. The minimum Gasteiger partial charge on any atom is -0.326 e. The van der Waals surface area contributed by atoms with E-state index in [0.717, 1.165) is 12.1 Å². The Hall–Kier alpha value is -1.38. The Morgan fingerprint density at radius 3 is 2.59 bits per heavy atom. The van der Waals surface area contributed by atoms with Gasteiger partial charge >= 0.3 is 0 Å². The van der Waals surface area contributed by atoms with Crippen LogP contribution in [0.1, 0.15) is 22.7 Å². The molecule has 2 unspecified atom stereocenters. The number of halogens is 1. The molecular weight excluding hydrogens is 232 g/mol. The lowest BCUT2D eigenvalue weighted by atomic mass is 9.95. The van der Waals surface area contributed by atoms with Crippen molar-refractivity contribution in [3.05, 3.63) is 65.5 Å². The van der Waals surface area contributed by atoms with Crippen LogP contribution in [-0.4, -0.2) is 11.0 Å². The molecule has 2 atom stereocenters. The number of aromatic nitrogens is 1. The van der Waals surface area contributed by atoms with Gasteiger partial charge in [0.2, 0.25) is 0 Å². The van der Waals surface area contributed by atoms with Gasteiger partial charge < -0.3 is 5.73 Å². The fourth-order valence-electron chi connectivity index (χ4n) is 2.56. The van der Waals surface area contributed by atoms with Crippen LogP contribution in [0.25, 0.3) is 0 Å². The molecule has 1 aliphatic rings. The number of benzene rings is 1. The second kappa shape index (κ2) is 4.86. The Labute approximate surface area is 107 Å². The third kappa shape index (κ3) is 2.06. The highest BCUT2D eigenvalue weighted by Gasteiger charge is 2.31. The van der Waals surface area contributed by atoms with Gasteiger partial charge in [-0.2, -0.15) is 0 Å². The first-order valence-corrected chi connectivity index (χ1v) is 5.60. The molecule has 0 radical (unpaired) electrons. The average Bonchev–Trinajstić information content (AvgIpc) is 2.66. The van der Waals surface area contributed by atoms with Crippen LogP contribution >= 0.6 is 12.4 Å². The highest BCUT2D eigenvalue weighted by molar-refractivity contribution is 5.85. The molecular formula is C14H15ClN2. The summed E-state index contributed by atoms with van der Waals surface area (Å²) in [5.74, 6) is 0.261. The summed E-state index contributed by atoms with van der Waals surface area (Å²) in [5, 5.41) is 0. The van der Waals surface area contributed by atoms with Crippen LogP contribution in [0.15, 0.2) is 48.7 Å². The van der Waals surface area contributed by atoms with E-state index in [1.54, 1.807) is 0 Å². The van der Waals surface area contributed by atoms with Crippen molar-refractivity contribution in [3.63, 3.8) is 0 Å². The number of hydrogen-bond acceptors (Lipinski definition) is 2. The molecule has 1 aromatic heterocycles. The van der Waals surface area contributed by atoms with Crippen LogP contribution in [0.4, 0.5) is 0 Å². The standard InChI is InChI=1S/C14H14N2.ClH/c15-12-9-10-5-1-2-6-11(10)14(12)13-7-3-4-8-16-13;/h1-8,12,14H,9,15H2;1H. The maximum atomic E-state index is 6.22. The molecule has 1 aliphatic carbocycles. The van der Waals surface area contributed by atoms with Crippen molar-refractivity contribution in [2.24, 2.45) is 5.73 Å². The predicted octanol–water partition coefficient (Wildman–Crippen LogP) is 2.52. The normalized spacial score (nSPS) is 21.7. The molecule has 3 rings (SSSR count). The quantitative estimate of drug-likeness (QED) is 0.840. The molecule has 0 fully saturated rings. The van der Waals surface area contributed by atoms with E-state index in [1.807, 2.05) is 18.3 Å². The predicted molar refractivity (Wildman–Crippen MR) is 71.4 cm³/mol. The lowest BCUT2D eigenvalue weighted by molar-refractivity contribution is 0.630. The summed E-state index contributed by atoms with van der Waals surface area (Å²) < 4.78 is 0. The topological polar surface area (TPSA) is 38.9 Å². The Kier molecular flexibility index (Phi) is 3.46. The van der Waals surface area contributed by atoms with E-state index in [9.17, 15) is 0 Å². The zero-order valence-corrected chi connectivity index (χ0v) is 10.2. The van der Waals surface area contributed by atoms with Gasteiger partial charge in [-0.3, -0.25) is 4.98 Å². The maximum Gasteiger partial charge on any atom is 0.0494 e. The number of nitrogens with two attached hydrogens (primary N) is 1. The van der Waals surface area contributed by atoms with Gasteiger partial charge in [0.25, 0.3) is 0 Å². The molecule has 0 bridgehead atoms. The molecule has 3 heteroatoms. The summed E-state index contributed by atoms with van der Waals surface area (Å²) in [6.45, 7) is 0. The lowest BCUT2D eigenvalue weighted by Gasteiger charge is -2.15. The van der Waals surface area contributed by atoms with Crippen molar-refractivity contribution in [1.29, 1.82) is 0 Å². The highest BCUT2D eigenvalue weighted by atomic mass is 35.5. The maximum absolute atomic E-state index is 6.22. The monoisotopic (exact) mass is 246 g/mol. The second-order valence-corrected chi connectivity index (χ2v) is 4.30. The van der Waals surface area contributed by atoms with Crippen molar-refractivity contribution in [1.82, 2.24) is 4.98 Å². The number of hydrogen-bond donors (Lipinski definition) is 1. The van der Waals surface area contributed by atoms with Crippen LogP contribution < -0.4 is 5.73 Å². The van der Waals surface area contributed by atoms with Crippen molar-refractivity contribution < 1.29 is 0 Å². The van der Waals surface area contributed by atoms with Crippen molar-refractivity contribution >= 4 is 12.4 Å². The number of nitrogens with zero attached hydrogens (tertiary/aromatic N) is 1. The van der Waals surface area contributed by atoms with E-state index in [0.29, 0.717) is 0 Å². The SMILES string of the molecule is Cl.NC1Cc2ccccc2C1c1ccccn1. The summed E-state index contributed by atoms with van der Waals surface area (Å²) in [4.78, 5) is 4.43. The Morgan fingerprint density at radius 2 is 1.82 bits per heavy atom. The van der Waals surface area contributed by atoms with Crippen LogP contribution in [-0.2, 0) is 6.42 Å². The molecule has 1 heterocycles. The van der Waals surface area contributed by atoms with Gasteiger partial charge in [0.1, 0.15) is 0 Å². The molecule has 0 spiro atoms. The van der Waals surface area contributed by atoms with Gasteiger partial charge in [-0.1, -0.05) is 30.3 Å². The molecule has 2 N–H and O–H groups in total. The van der Waals surface area contributed by atoms with E-state index in [1.165, 1.54) is 11.1 Å². The van der Waals surface area contributed by atoms with Crippen LogP contribution in [0.5, 0.6) is 0 Å². The number of fused-ring (bicyclic) bond motifs is 1. The smallest absolute Gasteiger partial charge is 0.0494 e. The molecule has 0 aliphatic heterocycles. The van der Waals surface area contributed by atoms with Gasteiger partial charge in [-0.05, 0) is 29.7 Å². The van der Waals surface area contributed by atoms with Crippen LogP contribution in [0.3, 0.4) is 0 Å². The molecule has 0 saturated heterocycles. The van der Waals surface area contributed by atoms with Crippen molar-refractivity contribution in [3.8, 4) is 0 Å². The van der Waals surface area contributed by atoms with Gasteiger partial charge in [0.05, 0.1) is 0 Å². The first kappa shape index (κ1) is 12.1. The van der Waals surface area contributed by atoms with Crippen LogP contribution in [0.2, 0.25) is 0 Å². The molecule has 17 heavy (non-hydrogen) atoms. The average molecular weight is 247 g/mol. The summed E-state index contributed by atoms with van der Waals surface area (Å²) in [7, 11) is 0. The first-order chi connectivity index (χ1) is 7.86. The fraction of sp³-hybridized carbons (Fsp3) is 0.214. The number of pyridine rings is 1. The Morgan fingerprint density at radius 1 is 1.06 bits per heavy atom. The lowest BCUT2D eigenvalue weighted by Crippen LogP contribution is -2.26. The molecule has 2 nitrogen and oxygen atoms in total. The van der Waals surface area contributed by atoms with E-state index >= 15 is 0 Å². The van der Waals surface area contributed by atoms with E-state index < -0.39 is 0 Å². The number of rotatable bonds is 1. The van der Waals surface area contributed by atoms with E-state index in [4.69, 9.17) is 5.73 Å². The van der Waals surface area contributed by atoms with Gasteiger partial charge in [-0.25, -0.2) is 0 Å². The fourth-order valence-corrected chi connectivity index (χ4v) is 2.56. The molecule has 2 aromatic rings. The van der Waals surface area contributed by atoms with Crippen molar-refractivity contribution in [2.75, 3.05) is 0 Å². The molecule has 0 saturated carbocycles. The summed E-state index contributed by atoms with van der Waals surface area (Å²) in [5.41, 5.74) is 10.0. The Bertz CT molecular complexity index is 499. The minimum absolute atomic E-state index is 0. The van der Waals surface area contributed by atoms with Gasteiger partial charge in [0, 0.05) is 23.9 Å². The van der Waals surface area contributed by atoms with E-state index in [-0.39, 0.29) is 24.4 Å². The second-order valence-electron chi connectivity index (χ2n) is 4.30. The molecule has 88 valence electrons. The van der Waals surface area contributed by atoms with Crippen LogP contribution in [0, 0.1) is 0 Å². The van der Waals surface area contributed by atoms with Crippen molar-refractivity contribution in [2.45, 2.75) is 18.4 Å².